The highest BCUT2D eigenvalue weighted by atomic mass is 79.9. The number of amides is 1. The molecule has 0 aliphatic rings. The van der Waals surface area contributed by atoms with Gasteiger partial charge in [-0.05, 0) is 40.2 Å². The molecule has 0 aliphatic heterocycles. The number of halogens is 3. The smallest absolute Gasteiger partial charge is 0.258 e. The van der Waals surface area contributed by atoms with Crippen LogP contribution in [0.5, 0.6) is 0 Å². The summed E-state index contributed by atoms with van der Waals surface area (Å²) in [5.74, 6) is 0.0413. The Balaban J connectivity index is 2.25. The summed E-state index contributed by atoms with van der Waals surface area (Å²) in [5, 5.41) is 3.30. The molecule has 3 nitrogen and oxygen atoms in total. The minimum absolute atomic E-state index is 0.313. The van der Waals surface area contributed by atoms with Gasteiger partial charge in [-0.3, -0.25) is 4.79 Å². The molecule has 1 aromatic carbocycles. The van der Waals surface area contributed by atoms with Crippen LogP contribution in [0.25, 0.3) is 0 Å². The molecule has 92 valence electrons. The maximum Gasteiger partial charge on any atom is 0.258 e. The Hall–Kier alpha value is -1.10. The third kappa shape index (κ3) is 3.02. The van der Waals surface area contributed by atoms with Crippen LogP contribution in [-0.2, 0) is 0 Å². The number of rotatable bonds is 2. The highest BCUT2D eigenvalue weighted by Gasteiger charge is 2.12. The predicted molar refractivity (Wildman–Crippen MR) is 76.4 cm³/mol. The van der Waals surface area contributed by atoms with Crippen LogP contribution in [0.3, 0.4) is 0 Å². The molecule has 1 aromatic heterocycles. The van der Waals surface area contributed by atoms with Gasteiger partial charge in [0.25, 0.3) is 5.91 Å². The normalized spacial score (nSPS) is 10.2. The van der Waals surface area contributed by atoms with Crippen LogP contribution in [0.2, 0.25) is 10.2 Å². The van der Waals surface area contributed by atoms with Crippen molar-refractivity contribution in [3.8, 4) is 0 Å². The van der Waals surface area contributed by atoms with E-state index in [9.17, 15) is 4.79 Å². The molecule has 1 heterocycles. The van der Waals surface area contributed by atoms with Crippen molar-refractivity contribution in [3.05, 3.63) is 56.6 Å². The molecule has 18 heavy (non-hydrogen) atoms. The average molecular weight is 346 g/mol. The molecule has 0 atom stereocenters. The van der Waals surface area contributed by atoms with Crippen LogP contribution >= 0.6 is 39.1 Å². The number of carbonyl (C=O) groups is 1. The average Bonchev–Trinajstić information content (AvgIpc) is 2.32. The molecule has 6 heteroatoms. The fourth-order valence-electron chi connectivity index (χ4n) is 1.34. The molecule has 0 fully saturated rings. The number of carbonyl (C=O) groups excluding carboxylic acids is 1. The lowest BCUT2D eigenvalue weighted by molar-refractivity contribution is 0.102. The number of anilines is 1. The molecule has 0 bridgehead atoms. The number of hydrogen-bond acceptors (Lipinski definition) is 2. The van der Waals surface area contributed by atoms with Gasteiger partial charge >= 0.3 is 0 Å². The van der Waals surface area contributed by atoms with Crippen molar-refractivity contribution < 1.29 is 4.79 Å². The number of hydrogen-bond donors (Lipinski definition) is 1. The standard InChI is InChI=1S/C12H7BrCl2N2O/c13-8-4-1-3-7(11(8)15)12(18)17-10-6-2-5-9(14)16-10/h1-6H,(H,16,17,18). The molecule has 0 saturated carbocycles. The topological polar surface area (TPSA) is 42.0 Å². The van der Waals surface area contributed by atoms with Crippen molar-refractivity contribution in [2.75, 3.05) is 5.32 Å². The highest BCUT2D eigenvalue weighted by molar-refractivity contribution is 9.10. The second-order valence-corrected chi connectivity index (χ2v) is 5.02. The Morgan fingerprint density at radius 3 is 2.61 bits per heavy atom. The Kier molecular flexibility index (Phi) is 4.22. The SMILES string of the molecule is O=C(Nc1cccc(Cl)n1)c1cccc(Br)c1Cl. The monoisotopic (exact) mass is 344 g/mol. The minimum Gasteiger partial charge on any atom is -0.306 e. The summed E-state index contributed by atoms with van der Waals surface area (Å²) >= 11 is 15.0. The van der Waals surface area contributed by atoms with Crippen LogP contribution in [-0.4, -0.2) is 10.9 Å². The van der Waals surface area contributed by atoms with E-state index in [2.05, 4.69) is 26.2 Å². The summed E-state index contributed by atoms with van der Waals surface area (Å²) in [6.45, 7) is 0. The van der Waals surface area contributed by atoms with E-state index in [1.54, 1.807) is 36.4 Å². The van der Waals surface area contributed by atoms with Gasteiger partial charge in [-0.1, -0.05) is 35.3 Å². The number of nitrogens with one attached hydrogen (secondary N) is 1. The van der Waals surface area contributed by atoms with Crippen molar-refractivity contribution in [2.24, 2.45) is 0 Å². The van der Waals surface area contributed by atoms with E-state index >= 15 is 0 Å². The van der Waals surface area contributed by atoms with Gasteiger partial charge in [0.05, 0.1) is 10.6 Å². The van der Waals surface area contributed by atoms with Crippen LogP contribution in [0.15, 0.2) is 40.9 Å². The first kappa shape index (κ1) is 13.3. The molecule has 1 N–H and O–H groups in total. The maximum atomic E-state index is 12.0. The summed E-state index contributed by atoms with van der Waals surface area (Å²) in [6.07, 6.45) is 0. The number of pyridine rings is 1. The number of benzene rings is 1. The molecule has 0 saturated heterocycles. The van der Waals surface area contributed by atoms with E-state index in [0.717, 1.165) is 0 Å². The third-order valence-electron chi connectivity index (χ3n) is 2.15. The minimum atomic E-state index is -0.337. The molecule has 2 aromatic rings. The van der Waals surface area contributed by atoms with Crippen molar-refractivity contribution in [3.63, 3.8) is 0 Å². The summed E-state index contributed by atoms with van der Waals surface area (Å²) in [7, 11) is 0. The van der Waals surface area contributed by atoms with Gasteiger partial charge in [0.15, 0.2) is 0 Å². The maximum absolute atomic E-state index is 12.0. The van der Waals surface area contributed by atoms with E-state index in [1.165, 1.54) is 0 Å². The molecule has 0 aliphatic carbocycles. The Labute approximate surface area is 122 Å². The zero-order valence-corrected chi connectivity index (χ0v) is 12.1. The van der Waals surface area contributed by atoms with Gasteiger partial charge in [0.1, 0.15) is 11.0 Å². The van der Waals surface area contributed by atoms with E-state index in [0.29, 0.717) is 26.0 Å². The van der Waals surface area contributed by atoms with E-state index < -0.39 is 0 Å². The molecule has 2 rings (SSSR count). The second-order valence-electron chi connectivity index (χ2n) is 3.40. The number of nitrogens with zero attached hydrogens (tertiary/aromatic N) is 1. The van der Waals surface area contributed by atoms with Crippen LogP contribution in [0.1, 0.15) is 10.4 Å². The molecule has 0 unspecified atom stereocenters. The number of aromatic nitrogens is 1. The van der Waals surface area contributed by atoms with Gasteiger partial charge in [0.2, 0.25) is 0 Å². The molecule has 0 spiro atoms. The quantitative estimate of drug-likeness (QED) is 0.819. The Morgan fingerprint density at radius 2 is 1.89 bits per heavy atom. The van der Waals surface area contributed by atoms with E-state index in [-0.39, 0.29) is 5.91 Å². The van der Waals surface area contributed by atoms with Gasteiger partial charge in [0, 0.05) is 4.47 Å². The first-order valence-electron chi connectivity index (χ1n) is 4.96. The summed E-state index contributed by atoms with van der Waals surface area (Å²) in [5.41, 5.74) is 0.368. The van der Waals surface area contributed by atoms with Crippen molar-refractivity contribution in [1.82, 2.24) is 4.98 Å². The van der Waals surface area contributed by atoms with Crippen molar-refractivity contribution >= 4 is 50.9 Å². The summed E-state index contributed by atoms with van der Waals surface area (Å²) in [4.78, 5) is 16.0. The largest absolute Gasteiger partial charge is 0.306 e. The van der Waals surface area contributed by atoms with Crippen LogP contribution < -0.4 is 5.32 Å². The van der Waals surface area contributed by atoms with Gasteiger partial charge in [-0.25, -0.2) is 4.98 Å². The fourth-order valence-corrected chi connectivity index (χ4v) is 2.08. The second kappa shape index (κ2) is 5.69. The van der Waals surface area contributed by atoms with Gasteiger partial charge in [-0.2, -0.15) is 0 Å². The molecule has 1 amide bonds. The zero-order chi connectivity index (χ0) is 13.1. The van der Waals surface area contributed by atoms with Crippen molar-refractivity contribution in [1.29, 1.82) is 0 Å². The molecule has 0 radical (unpaired) electrons. The third-order valence-corrected chi connectivity index (χ3v) is 3.66. The summed E-state index contributed by atoms with van der Waals surface area (Å²) in [6, 6.07) is 10.1. The molecular formula is C12H7BrCl2N2O. The summed E-state index contributed by atoms with van der Waals surface area (Å²) < 4.78 is 0.663. The van der Waals surface area contributed by atoms with E-state index in [1.807, 2.05) is 0 Å². The van der Waals surface area contributed by atoms with Crippen molar-refractivity contribution in [2.45, 2.75) is 0 Å². The fraction of sp³-hybridized carbons (Fsp3) is 0. The lowest BCUT2D eigenvalue weighted by Gasteiger charge is -2.07. The highest BCUT2D eigenvalue weighted by Crippen LogP contribution is 2.26. The Morgan fingerprint density at radius 1 is 1.17 bits per heavy atom. The van der Waals surface area contributed by atoms with Gasteiger partial charge < -0.3 is 5.32 Å². The Bertz CT molecular complexity index is 604. The van der Waals surface area contributed by atoms with Gasteiger partial charge in [-0.15, -0.1) is 0 Å². The lowest BCUT2D eigenvalue weighted by Crippen LogP contribution is -2.13. The first-order valence-corrected chi connectivity index (χ1v) is 6.51. The first-order chi connectivity index (χ1) is 8.58. The van der Waals surface area contributed by atoms with Crippen LogP contribution in [0, 0.1) is 0 Å². The molecular weight excluding hydrogens is 339 g/mol. The van der Waals surface area contributed by atoms with Crippen LogP contribution in [0.4, 0.5) is 5.82 Å². The zero-order valence-electron chi connectivity index (χ0n) is 8.95. The van der Waals surface area contributed by atoms with E-state index in [4.69, 9.17) is 23.2 Å². The lowest BCUT2D eigenvalue weighted by atomic mass is 10.2. The predicted octanol–water partition coefficient (Wildman–Crippen LogP) is 4.40.